The summed E-state index contributed by atoms with van der Waals surface area (Å²) in [6.45, 7) is 2.67. The van der Waals surface area contributed by atoms with Crippen LogP contribution in [0.4, 0.5) is 0 Å². The summed E-state index contributed by atoms with van der Waals surface area (Å²) >= 11 is 4.68. The van der Waals surface area contributed by atoms with Gasteiger partial charge < -0.3 is 4.90 Å². The number of rotatable bonds is 2. The number of carbonyl (C=O) groups excluding carboxylic acids is 1. The molecule has 1 aromatic rings. The highest BCUT2D eigenvalue weighted by Gasteiger charge is 2.31. The third-order valence-electron chi connectivity index (χ3n) is 3.10. The predicted molar refractivity (Wildman–Crippen MR) is 77.8 cm³/mol. The van der Waals surface area contributed by atoms with Crippen LogP contribution in [0, 0.1) is 6.92 Å². The molecule has 0 radical (unpaired) electrons. The summed E-state index contributed by atoms with van der Waals surface area (Å²) in [6, 6.07) is 1.61. The lowest BCUT2D eigenvalue weighted by molar-refractivity contribution is -0.129. The van der Waals surface area contributed by atoms with Gasteiger partial charge in [0, 0.05) is 25.0 Å². The number of sulfonamides is 1. The summed E-state index contributed by atoms with van der Waals surface area (Å²) in [5.74, 6) is -0.159. The smallest absolute Gasteiger partial charge is 0.244 e. The summed E-state index contributed by atoms with van der Waals surface area (Å²) < 4.78 is 27.2. The molecule has 0 saturated carbocycles. The Morgan fingerprint density at radius 1 is 1.37 bits per heavy atom. The molecule has 0 spiro atoms. The van der Waals surface area contributed by atoms with Gasteiger partial charge in [-0.05, 0) is 35.3 Å². The first-order valence-electron chi connectivity index (χ1n) is 5.82. The molecular weight excluding hydrogens is 352 g/mol. The molecule has 0 unspecified atom stereocenters. The predicted octanol–water partition coefficient (Wildman–Crippen LogP) is 1.67. The summed E-state index contributed by atoms with van der Waals surface area (Å²) in [5.41, 5.74) is 0. The van der Waals surface area contributed by atoms with E-state index in [9.17, 15) is 13.2 Å². The zero-order chi connectivity index (χ0) is 14.2. The molecule has 0 atom stereocenters. The minimum absolute atomic E-state index is 0.0776. The number of hydrogen-bond acceptors (Lipinski definition) is 4. The Kier molecular flexibility index (Phi) is 4.34. The Bertz CT molecular complexity index is 597. The summed E-state index contributed by atoms with van der Waals surface area (Å²) in [5, 5.41) is 0. The van der Waals surface area contributed by atoms with E-state index in [0.717, 1.165) is 8.66 Å². The van der Waals surface area contributed by atoms with Gasteiger partial charge in [-0.3, -0.25) is 4.79 Å². The summed E-state index contributed by atoms with van der Waals surface area (Å²) in [7, 11) is -1.89. The maximum atomic E-state index is 12.6. The highest BCUT2D eigenvalue weighted by atomic mass is 79.9. The first kappa shape index (κ1) is 15.0. The van der Waals surface area contributed by atoms with Gasteiger partial charge in [-0.1, -0.05) is 0 Å². The number of amides is 1. The number of nitrogens with zero attached hydrogens (tertiary/aromatic N) is 2. The molecule has 2 heterocycles. The van der Waals surface area contributed by atoms with E-state index < -0.39 is 10.0 Å². The number of likely N-dealkylation sites (N-methyl/N-ethyl adjacent to an activating group) is 1. The minimum Gasteiger partial charge on any atom is -0.345 e. The fraction of sp³-hybridized carbons (Fsp3) is 0.545. The van der Waals surface area contributed by atoms with Crippen molar-refractivity contribution in [1.82, 2.24) is 9.21 Å². The summed E-state index contributed by atoms with van der Waals surface area (Å²) in [4.78, 5) is 14.4. The van der Waals surface area contributed by atoms with Crippen LogP contribution in [0.3, 0.4) is 0 Å². The topological polar surface area (TPSA) is 57.7 Å². The van der Waals surface area contributed by atoms with Crippen LogP contribution < -0.4 is 0 Å². The SMILES string of the molecule is Cc1sc(Br)cc1S(=O)(=O)N1CCCN(C)C(=O)C1. The molecule has 1 saturated heterocycles. The lowest BCUT2D eigenvalue weighted by Crippen LogP contribution is -2.38. The third-order valence-corrected chi connectivity index (χ3v) is 6.75. The van der Waals surface area contributed by atoms with E-state index in [-0.39, 0.29) is 12.5 Å². The fourth-order valence-corrected chi connectivity index (χ4v) is 5.80. The van der Waals surface area contributed by atoms with Gasteiger partial charge in [0.05, 0.1) is 15.2 Å². The van der Waals surface area contributed by atoms with E-state index >= 15 is 0 Å². The molecule has 8 heteroatoms. The average molecular weight is 367 g/mol. The Morgan fingerprint density at radius 3 is 2.63 bits per heavy atom. The number of hydrogen-bond donors (Lipinski definition) is 0. The standard InChI is InChI=1S/C11H15BrN2O3S2/c1-8-9(6-10(12)18-8)19(16,17)14-5-3-4-13(2)11(15)7-14/h6H,3-5,7H2,1-2H3. The highest BCUT2D eigenvalue weighted by molar-refractivity contribution is 9.11. The van der Waals surface area contributed by atoms with Gasteiger partial charge in [0.1, 0.15) is 0 Å². The van der Waals surface area contributed by atoms with Crippen molar-refractivity contribution in [2.75, 3.05) is 26.7 Å². The maximum Gasteiger partial charge on any atom is 0.244 e. The Balaban J connectivity index is 2.34. The Labute approximate surface area is 125 Å². The molecule has 1 aromatic heterocycles. The van der Waals surface area contributed by atoms with Gasteiger partial charge >= 0.3 is 0 Å². The second kappa shape index (κ2) is 5.51. The zero-order valence-electron chi connectivity index (χ0n) is 10.7. The molecule has 1 aliphatic heterocycles. The molecular formula is C11H15BrN2O3S2. The monoisotopic (exact) mass is 366 g/mol. The van der Waals surface area contributed by atoms with Crippen molar-refractivity contribution in [3.8, 4) is 0 Å². The molecule has 0 bridgehead atoms. The Morgan fingerprint density at radius 2 is 2.05 bits per heavy atom. The van der Waals surface area contributed by atoms with Crippen LogP contribution in [0.15, 0.2) is 14.7 Å². The van der Waals surface area contributed by atoms with Crippen molar-refractivity contribution in [1.29, 1.82) is 0 Å². The van der Waals surface area contributed by atoms with E-state index in [1.54, 1.807) is 24.9 Å². The molecule has 5 nitrogen and oxygen atoms in total. The maximum absolute atomic E-state index is 12.6. The Hall–Kier alpha value is -0.440. The van der Waals surface area contributed by atoms with Crippen LogP contribution >= 0.6 is 27.3 Å². The third kappa shape index (κ3) is 3.01. The quantitative estimate of drug-likeness (QED) is 0.799. The first-order valence-corrected chi connectivity index (χ1v) is 8.87. The molecule has 0 aliphatic carbocycles. The molecule has 19 heavy (non-hydrogen) atoms. The van der Waals surface area contributed by atoms with Gasteiger partial charge in [0.15, 0.2) is 0 Å². The van der Waals surface area contributed by atoms with Crippen molar-refractivity contribution in [2.24, 2.45) is 0 Å². The van der Waals surface area contributed by atoms with Crippen molar-refractivity contribution >= 4 is 43.2 Å². The van der Waals surface area contributed by atoms with Crippen LogP contribution in [-0.4, -0.2) is 50.2 Å². The second-order valence-corrected chi connectivity index (χ2v) is 9.02. The van der Waals surface area contributed by atoms with E-state index in [2.05, 4.69) is 15.9 Å². The van der Waals surface area contributed by atoms with Crippen molar-refractivity contribution in [3.63, 3.8) is 0 Å². The number of aryl methyl sites for hydroxylation is 1. The normalized spacial score (nSPS) is 18.7. The van der Waals surface area contributed by atoms with Crippen molar-refractivity contribution in [3.05, 3.63) is 14.7 Å². The largest absolute Gasteiger partial charge is 0.345 e. The minimum atomic E-state index is -3.59. The van der Waals surface area contributed by atoms with Gasteiger partial charge in [0.25, 0.3) is 0 Å². The first-order chi connectivity index (χ1) is 8.82. The zero-order valence-corrected chi connectivity index (χ0v) is 13.9. The number of thiophene rings is 1. The van der Waals surface area contributed by atoms with Gasteiger partial charge in [-0.25, -0.2) is 8.42 Å². The second-order valence-electron chi connectivity index (χ2n) is 4.48. The van der Waals surface area contributed by atoms with Crippen molar-refractivity contribution in [2.45, 2.75) is 18.2 Å². The van der Waals surface area contributed by atoms with Crippen LogP contribution in [-0.2, 0) is 14.8 Å². The van der Waals surface area contributed by atoms with Crippen molar-refractivity contribution < 1.29 is 13.2 Å². The average Bonchev–Trinajstić information content (AvgIpc) is 2.57. The molecule has 0 aromatic carbocycles. The molecule has 2 rings (SSSR count). The molecule has 1 aliphatic rings. The summed E-state index contributed by atoms with van der Waals surface area (Å²) in [6.07, 6.45) is 0.659. The van der Waals surface area contributed by atoms with Crippen LogP contribution in [0.2, 0.25) is 0 Å². The van der Waals surface area contributed by atoms with E-state index in [1.165, 1.54) is 15.6 Å². The van der Waals surface area contributed by atoms with Crippen LogP contribution in [0.25, 0.3) is 0 Å². The van der Waals surface area contributed by atoms with Gasteiger partial charge in [0.2, 0.25) is 15.9 Å². The van der Waals surface area contributed by atoms with Crippen LogP contribution in [0.1, 0.15) is 11.3 Å². The van der Waals surface area contributed by atoms with E-state index in [0.29, 0.717) is 24.4 Å². The molecule has 1 amide bonds. The molecule has 106 valence electrons. The van der Waals surface area contributed by atoms with Crippen LogP contribution in [0.5, 0.6) is 0 Å². The highest BCUT2D eigenvalue weighted by Crippen LogP contribution is 2.31. The fourth-order valence-electron chi connectivity index (χ4n) is 1.99. The van der Waals surface area contributed by atoms with Gasteiger partial charge in [-0.2, -0.15) is 4.31 Å². The molecule has 0 N–H and O–H groups in total. The molecule has 1 fully saturated rings. The number of carbonyl (C=O) groups is 1. The number of halogens is 1. The van der Waals surface area contributed by atoms with E-state index in [4.69, 9.17) is 0 Å². The lowest BCUT2D eigenvalue weighted by atomic mass is 10.4. The van der Waals surface area contributed by atoms with E-state index in [1.807, 2.05) is 0 Å². The lowest BCUT2D eigenvalue weighted by Gasteiger charge is -2.19. The van der Waals surface area contributed by atoms with Gasteiger partial charge in [-0.15, -0.1) is 11.3 Å².